The highest BCUT2D eigenvalue weighted by molar-refractivity contribution is 7.99. The van der Waals surface area contributed by atoms with Crippen LogP contribution in [0.15, 0.2) is 23.1 Å². The number of benzene rings is 1. The molecule has 1 aromatic carbocycles. The van der Waals surface area contributed by atoms with E-state index in [4.69, 9.17) is 0 Å². The molecule has 0 saturated heterocycles. The van der Waals surface area contributed by atoms with E-state index in [0.29, 0.717) is 0 Å². The monoisotopic (exact) mass is 164 g/mol. The first-order chi connectivity index (χ1) is 5.40. The van der Waals surface area contributed by atoms with Gasteiger partial charge in [0.05, 0.1) is 0 Å². The van der Waals surface area contributed by atoms with Gasteiger partial charge in [0.15, 0.2) is 0 Å². The third-order valence-corrected chi connectivity index (χ3v) is 3.27. The molecule has 0 radical (unpaired) electrons. The normalized spacial score (nSPS) is 15.0. The van der Waals surface area contributed by atoms with Crippen molar-refractivity contribution < 1.29 is 0 Å². The van der Waals surface area contributed by atoms with Gasteiger partial charge in [0.2, 0.25) is 0 Å². The van der Waals surface area contributed by atoms with E-state index in [0.717, 1.165) is 6.42 Å². The van der Waals surface area contributed by atoms with Crippen LogP contribution in [0.25, 0.3) is 0 Å². The first kappa shape index (κ1) is 7.23. The zero-order chi connectivity index (χ0) is 7.68. The summed E-state index contributed by atoms with van der Waals surface area (Å²) in [7, 11) is 0. The van der Waals surface area contributed by atoms with E-state index in [1.165, 1.54) is 22.6 Å². The lowest BCUT2D eigenvalue weighted by molar-refractivity contribution is 1.09. The largest absolute Gasteiger partial charge is 0.126 e. The molecule has 0 aromatic heterocycles. The summed E-state index contributed by atoms with van der Waals surface area (Å²) in [6, 6.07) is 6.88. The van der Waals surface area contributed by atoms with Gasteiger partial charge in [-0.15, -0.1) is 11.8 Å². The van der Waals surface area contributed by atoms with Gasteiger partial charge in [0, 0.05) is 10.6 Å². The molecule has 1 aliphatic rings. The smallest absolute Gasteiger partial charge is 0.0107 e. The highest BCUT2D eigenvalue weighted by atomic mass is 32.2. The van der Waals surface area contributed by atoms with Crippen LogP contribution in [-0.2, 0) is 12.8 Å². The zero-order valence-corrected chi connectivity index (χ0v) is 7.58. The van der Waals surface area contributed by atoms with Crippen molar-refractivity contribution in [1.82, 2.24) is 0 Å². The number of thioether (sulfide) groups is 1. The Bertz CT molecular complexity index is 266. The Balaban J connectivity index is 2.41. The second-order valence-electron chi connectivity index (χ2n) is 2.89. The van der Waals surface area contributed by atoms with Crippen LogP contribution in [0, 0.1) is 0 Å². The first-order valence-electron chi connectivity index (χ1n) is 4.15. The lowest BCUT2D eigenvalue weighted by Gasteiger charge is -2.00. The van der Waals surface area contributed by atoms with Crippen LogP contribution < -0.4 is 0 Å². The van der Waals surface area contributed by atoms with Crippen molar-refractivity contribution in [3.8, 4) is 0 Å². The number of hydrogen-bond donors (Lipinski definition) is 0. The molecule has 0 amide bonds. The lowest BCUT2D eigenvalue weighted by atomic mass is 10.1. The average molecular weight is 164 g/mol. The van der Waals surface area contributed by atoms with Crippen LogP contribution in [0.3, 0.4) is 0 Å². The van der Waals surface area contributed by atoms with Crippen molar-refractivity contribution in [1.29, 1.82) is 0 Å². The highest BCUT2D eigenvalue weighted by Gasteiger charge is 2.10. The third-order valence-electron chi connectivity index (χ3n) is 2.17. The molecule has 11 heavy (non-hydrogen) atoms. The fraction of sp³-hybridized carbons (Fsp3) is 0.400. The van der Waals surface area contributed by atoms with E-state index in [1.807, 2.05) is 11.8 Å². The fourth-order valence-electron chi connectivity index (χ4n) is 1.43. The minimum absolute atomic E-state index is 1.16. The summed E-state index contributed by atoms with van der Waals surface area (Å²) in [4.78, 5) is 1.52. The molecule has 0 spiro atoms. The maximum Gasteiger partial charge on any atom is 0.0107 e. The van der Waals surface area contributed by atoms with E-state index >= 15 is 0 Å². The number of rotatable bonds is 1. The summed E-state index contributed by atoms with van der Waals surface area (Å²) in [5.41, 5.74) is 3.02. The Morgan fingerprint density at radius 2 is 2.36 bits per heavy atom. The molecule has 58 valence electrons. The molecule has 1 aromatic rings. The van der Waals surface area contributed by atoms with Gasteiger partial charge in [-0.1, -0.05) is 19.1 Å². The van der Waals surface area contributed by atoms with Gasteiger partial charge in [0.25, 0.3) is 0 Å². The fourth-order valence-corrected chi connectivity index (χ4v) is 2.56. The van der Waals surface area contributed by atoms with Gasteiger partial charge < -0.3 is 0 Å². The maximum absolute atomic E-state index is 2.34. The molecule has 1 heteroatoms. The van der Waals surface area contributed by atoms with E-state index < -0.39 is 0 Å². The molecular weight excluding hydrogens is 152 g/mol. The predicted molar refractivity (Wildman–Crippen MR) is 50.2 cm³/mol. The Hall–Kier alpha value is -0.430. The second-order valence-corrected chi connectivity index (χ2v) is 4.03. The predicted octanol–water partition coefficient (Wildman–Crippen LogP) is 2.90. The van der Waals surface area contributed by atoms with Crippen molar-refractivity contribution >= 4 is 11.8 Å². The van der Waals surface area contributed by atoms with Crippen LogP contribution in [0.4, 0.5) is 0 Å². The van der Waals surface area contributed by atoms with Crippen LogP contribution >= 0.6 is 11.8 Å². The minimum Gasteiger partial charge on any atom is -0.126 e. The van der Waals surface area contributed by atoms with Crippen LogP contribution in [-0.4, -0.2) is 5.75 Å². The van der Waals surface area contributed by atoms with Gasteiger partial charge in [-0.2, -0.15) is 0 Å². The van der Waals surface area contributed by atoms with Crippen molar-refractivity contribution in [2.24, 2.45) is 0 Å². The minimum atomic E-state index is 1.16. The van der Waals surface area contributed by atoms with Crippen molar-refractivity contribution in [2.75, 3.05) is 5.75 Å². The van der Waals surface area contributed by atoms with Gasteiger partial charge in [-0.25, -0.2) is 0 Å². The molecule has 0 bridgehead atoms. The molecule has 2 rings (SSSR count). The Kier molecular flexibility index (Phi) is 1.91. The first-order valence-corrected chi connectivity index (χ1v) is 5.13. The third kappa shape index (κ3) is 1.30. The summed E-state index contributed by atoms with van der Waals surface area (Å²) in [5, 5.41) is 0. The molecule has 1 aliphatic heterocycles. The molecule has 0 saturated carbocycles. The van der Waals surface area contributed by atoms with Crippen LogP contribution in [0.1, 0.15) is 18.1 Å². The number of fused-ring (bicyclic) bond motifs is 1. The Morgan fingerprint density at radius 1 is 1.45 bits per heavy atom. The molecule has 0 aliphatic carbocycles. The van der Waals surface area contributed by atoms with E-state index in [2.05, 4.69) is 25.1 Å². The molecule has 0 atom stereocenters. The molecule has 0 nitrogen and oxygen atoms in total. The van der Waals surface area contributed by atoms with Gasteiger partial charge in [-0.3, -0.25) is 0 Å². The van der Waals surface area contributed by atoms with Gasteiger partial charge in [-0.05, 0) is 30.0 Å². The molecule has 0 N–H and O–H groups in total. The number of aryl methyl sites for hydroxylation is 2. The van der Waals surface area contributed by atoms with Crippen LogP contribution in [0.2, 0.25) is 0 Å². The molecule has 0 unspecified atom stereocenters. The van der Waals surface area contributed by atoms with E-state index in [1.54, 1.807) is 5.56 Å². The Labute approximate surface area is 72.0 Å². The van der Waals surface area contributed by atoms with Gasteiger partial charge >= 0.3 is 0 Å². The topological polar surface area (TPSA) is 0 Å². The standard InChI is InChI=1S/C10H12S/c1-2-8-3-4-9-5-6-11-10(9)7-8/h3-4,7H,2,5-6H2,1H3. The summed E-state index contributed by atoms with van der Waals surface area (Å²) in [5.74, 6) is 1.28. The average Bonchev–Trinajstić information content (AvgIpc) is 2.50. The maximum atomic E-state index is 2.34. The van der Waals surface area contributed by atoms with Gasteiger partial charge in [0.1, 0.15) is 0 Å². The lowest BCUT2D eigenvalue weighted by Crippen LogP contribution is -1.83. The Morgan fingerprint density at radius 3 is 3.18 bits per heavy atom. The van der Waals surface area contributed by atoms with Crippen molar-refractivity contribution in [3.05, 3.63) is 29.3 Å². The highest BCUT2D eigenvalue weighted by Crippen LogP contribution is 2.31. The quantitative estimate of drug-likeness (QED) is 0.615. The summed E-state index contributed by atoms with van der Waals surface area (Å²) in [6.45, 7) is 2.21. The summed E-state index contributed by atoms with van der Waals surface area (Å²) >= 11 is 2.00. The van der Waals surface area contributed by atoms with Crippen molar-refractivity contribution in [3.63, 3.8) is 0 Å². The van der Waals surface area contributed by atoms with Crippen LogP contribution in [0.5, 0.6) is 0 Å². The second kappa shape index (κ2) is 2.90. The number of hydrogen-bond acceptors (Lipinski definition) is 1. The SMILES string of the molecule is CCc1ccc2c(c1)SCC2. The van der Waals surface area contributed by atoms with Crippen molar-refractivity contribution in [2.45, 2.75) is 24.7 Å². The summed E-state index contributed by atoms with van der Waals surface area (Å²) < 4.78 is 0. The zero-order valence-electron chi connectivity index (χ0n) is 6.76. The molecule has 0 fully saturated rings. The van der Waals surface area contributed by atoms with E-state index in [9.17, 15) is 0 Å². The molecular formula is C10H12S. The molecule has 1 heterocycles. The van der Waals surface area contributed by atoms with E-state index in [-0.39, 0.29) is 0 Å². The summed E-state index contributed by atoms with van der Waals surface area (Å²) in [6.07, 6.45) is 2.43.